The van der Waals surface area contributed by atoms with Crippen molar-refractivity contribution in [3.8, 4) is 0 Å². The molecule has 8 nitrogen and oxygen atoms in total. The second-order valence-corrected chi connectivity index (χ2v) is 6.56. The lowest BCUT2D eigenvalue weighted by Gasteiger charge is -2.13. The highest BCUT2D eigenvalue weighted by Gasteiger charge is 2.33. The number of alkyl halides is 3. The van der Waals surface area contributed by atoms with Crippen LogP contribution in [0.15, 0.2) is 48.5 Å². The van der Waals surface area contributed by atoms with Crippen LogP contribution < -0.4 is 16.0 Å². The van der Waals surface area contributed by atoms with Crippen molar-refractivity contribution in [2.24, 2.45) is 0 Å². The van der Waals surface area contributed by atoms with Gasteiger partial charge in [-0.3, -0.25) is 19.2 Å². The van der Waals surface area contributed by atoms with Gasteiger partial charge in [-0.2, -0.15) is 13.2 Å². The van der Waals surface area contributed by atoms with E-state index in [2.05, 4.69) is 10.6 Å². The maximum atomic E-state index is 12.9. The van der Waals surface area contributed by atoms with Crippen molar-refractivity contribution in [1.29, 1.82) is 0 Å². The largest absolute Gasteiger partial charge is 0.456 e. The lowest BCUT2D eigenvalue weighted by atomic mass is 10.1. The minimum atomic E-state index is -4.65. The molecule has 32 heavy (non-hydrogen) atoms. The van der Waals surface area contributed by atoms with Crippen LogP contribution in [0.3, 0.4) is 0 Å². The number of benzene rings is 2. The van der Waals surface area contributed by atoms with E-state index in [4.69, 9.17) is 4.74 Å². The summed E-state index contributed by atoms with van der Waals surface area (Å²) in [4.78, 5) is 46.4. The molecule has 2 aromatic rings. The topological polar surface area (TPSA) is 114 Å². The first-order chi connectivity index (χ1) is 15.0. The van der Waals surface area contributed by atoms with E-state index in [0.29, 0.717) is 11.4 Å². The first kappa shape index (κ1) is 24.4. The number of carbonyl (C=O) groups is 4. The second-order valence-electron chi connectivity index (χ2n) is 6.56. The maximum absolute atomic E-state index is 12.9. The van der Waals surface area contributed by atoms with E-state index in [1.54, 1.807) is 24.3 Å². The number of anilines is 3. The molecule has 2 aromatic carbocycles. The number of esters is 1. The van der Waals surface area contributed by atoms with E-state index in [9.17, 15) is 32.3 Å². The summed E-state index contributed by atoms with van der Waals surface area (Å²) in [5.41, 5.74) is -0.484. The number of rotatable bonds is 8. The summed E-state index contributed by atoms with van der Waals surface area (Å²) in [6.07, 6.45) is -5.22. The Bertz CT molecular complexity index is 991. The van der Waals surface area contributed by atoms with Crippen LogP contribution >= 0.6 is 0 Å². The summed E-state index contributed by atoms with van der Waals surface area (Å²) in [5, 5.41) is 7.17. The molecule has 0 saturated heterocycles. The number of halogens is 3. The summed E-state index contributed by atoms with van der Waals surface area (Å²) in [6.45, 7) is 0.567. The van der Waals surface area contributed by atoms with E-state index in [1.807, 2.05) is 5.32 Å². The Hall–Kier alpha value is -3.89. The Balaban J connectivity index is 1.75. The van der Waals surface area contributed by atoms with E-state index in [-0.39, 0.29) is 18.7 Å². The predicted octanol–water partition coefficient (Wildman–Crippen LogP) is 3.56. The Kier molecular flexibility index (Phi) is 8.33. The summed E-state index contributed by atoms with van der Waals surface area (Å²) in [5.74, 6) is -2.53. The molecule has 0 aliphatic carbocycles. The summed E-state index contributed by atoms with van der Waals surface area (Å²) in [7, 11) is 0. The maximum Gasteiger partial charge on any atom is 0.418 e. The third kappa shape index (κ3) is 8.09. The van der Waals surface area contributed by atoms with Crippen LogP contribution in [-0.2, 0) is 30.1 Å². The average molecular weight is 451 g/mol. The molecule has 3 amide bonds. The quantitative estimate of drug-likeness (QED) is 0.531. The Morgan fingerprint density at radius 3 is 2.00 bits per heavy atom. The van der Waals surface area contributed by atoms with Gasteiger partial charge < -0.3 is 20.7 Å². The van der Waals surface area contributed by atoms with E-state index in [1.165, 1.54) is 19.1 Å². The van der Waals surface area contributed by atoms with Gasteiger partial charge in [0.15, 0.2) is 6.61 Å². The molecule has 0 atom stereocenters. The summed E-state index contributed by atoms with van der Waals surface area (Å²) < 4.78 is 43.5. The molecule has 11 heteroatoms. The van der Waals surface area contributed by atoms with Crippen molar-refractivity contribution in [2.75, 3.05) is 22.6 Å². The lowest BCUT2D eigenvalue weighted by Crippen LogP contribution is -2.23. The van der Waals surface area contributed by atoms with E-state index < -0.39 is 41.8 Å². The highest BCUT2D eigenvalue weighted by Crippen LogP contribution is 2.34. The predicted molar refractivity (Wildman–Crippen MR) is 110 cm³/mol. The third-order valence-electron chi connectivity index (χ3n) is 3.92. The van der Waals surface area contributed by atoms with Gasteiger partial charge in [-0.15, -0.1) is 0 Å². The number of hydrogen-bond acceptors (Lipinski definition) is 5. The molecular formula is C21H20F3N3O5. The smallest absolute Gasteiger partial charge is 0.418 e. The van der Waals surface area contributed by atoms with Gasteiger partial charge >= 0.3 is 12.1 Å². The monoisotopic (exact) mass is 451 g/mol. The van der Waals surface area contributed by atoms with Crippen LogP contribution in [-0.4, -0.2) is 30.3 Å². The Morgan fingerprint density at radius 2 is 1.41 bits per heavy atom. The third-order valence-corrected chi connectivity index (χ3v) is 3.92. The van der Waals surface area contributed by atoms with Gasteiger partial charge in [0.25, 0.3) is 5.91 Å². The normalized spacial score (nSPS) is 10.8. The molecule has 0 unspecified atom stereocenters. The van der Waals surface area contributed by atoms with Crippen molar-refractivity contribution in [3.63, 3.8) is 0 Å². The Labute approximate surface area is 181 Å². The van der Waals surface area contributed by atoms with Crippen LogP contribution in [0.5, 0.6) is 0 Å². The summed E-state index contributed by atoms with van der Waals surface area (Å²) in [6, 6.07) is 10.7. The molecule has 0 aromatic heterocycles. The molecule has 0 saturated carbocycles. The number of amides is 3. The standard InChI is InChI=1S/C21H20F3N3O5/c1-13(28)25-14-6-8-15(9-7-14)26-18(29)10-11-20(31)32-12-19(30)27-17-5-3-2-4-16(17)21(22,23)24/h2-9H,10-12H2,1H3,(H,25,28)(H,26,29)(H,27,30). The molecule has 0 heterocycles. The van der Waals surface area contributed by atoms with Crippen LogP contribution in [0.1, 0.15) is 25.3 Å². The molecule has 2 rings (SSSR count). The number of carbonyl (C=O) groups excluding carboxylic acids is 4. The van der Waals surface area contributed by atoms with Crippen LogP contribution in [0.25, 0.3) is 0 Å². The van der Waals surface area contributed by atoms with Gasteiger partial charge in [-0.05, 0) is 36.4 Å². The zero-order chi connectivity index (χ0) is 23.7. The van der Waals surface area contributed by atoms with Crippen molar-refractivity contribution in [1.82, 2.24) is 0 Å². The van der Waals surface area contributed by atoms with Crippen molar-refractivity contribution in [2.45, 2.75) is 25.9 Å². The Morgan fingerprint density at radius 1 is 0.812 bits per heavy atom. The number of nitrogens with one attached hydrogen (secondary N) is 3. The van der Waals surface area contributed by atoms with Gasteiger partial charge in [0.2, 0.25) is 11.8 Å². The van der Waals surface area contributed by atoms with Gasteiger partial charge in [0.1, 0.15) is 0 Å². The SMILES string of the molecule is CC(=O)Nc1ccc(NC(=O)CCC(=O)OCC(=O)Nc2ccccc2C(F)(F)F)cc1. The van der Waals surface area contributed by atoms with Crippen LogP contribution in [0.4, 0.5) is 30.2 Å². The lowest BCUT2D eigenvalue weighted by molar-refractivity contribution is -0.148. The van der Waals surface area contributed by atoms with Crippen molar-refractivity contribution < 1.29 is 37.1 Å². The number of para-hydroxylation sites is 1. The fourth-order valence-corrected chi connectivity index (χ4v) is 2.52. The van der Waals surface area contributed by atoms with E-state index >= 15 is 0 Å². The molecule has 0 aliphatic heterocycles. The van der Waals surface area contributed by atoms with E-state index in [0.717, 1.165) is 12.1 Å². The minimum Gasteiger partial charge on any atom is -0.456 e. The highest BCUT2D eigenvalue weighted by atomic mass is 19.4. The number of ether oxygens (including phenoxy) is 1. The molecule has 0 spiro atoms. The molecule has 0 aliphatic rings. The molecule has 0 bridgehead atoms. The minimum absolute atomic E-state index is 0.231. The molecule has 0 fully saturated rings. The zero-order valence-corrected chi connectivity index (χ0v) is 16.9. The van der Waals surface area contributed by atoms with Crippen LogP contribution in [0, 0.1) is 0 Å². The first-order valence-corrected chi connectivity index (χ1v) is 9.34. The fourth-order valence-electron chi connectivity index (χ4n) is 2.52. The molecular weight excluding hydrogens is 431 g/mol. The first-order valence-electron chi connectivity index (χ1n) is 9.34. The van der Waals surface area contributed by atoms with Gasteiger partial charge in [-0.1, -0.05) is 12.1 Å². The van der Waals surface area contributed by atoms with Crippen LogP contribution in [0.2, 0.25) is 0 Å². The van der Waals surface area contributed by atoms with Gasteiger partial charge in [0.05, 0.1) is 17.7 Å². The van der Waals surface area contributed by atoms with Crippen molar-refractivity contribution >= 4 is 40.8 Å². The molecule has 170 valence electrons. The highest BCUT2D eigenvalue weighted by molar-refractivity contribution is 5.95. The zero-order valence-electron chi connectivity index (χ0n) is 16.9. The second kappa shape index (κ2) is 10.9. The number of hydrogen-bond donors (Lipinski definition) is 3. The summed E-state index contributed by atoms with van der Waals surface area (Å²) >= 11 is 0. The fraction of sp³-hybridized carbons (Fsp3) is 0.238. The molecule has 3 N–H and O–H groups in total. The van der Waals surface area contributed by atoms with Gasteiger partial charge in [0, 0.05) is 24.7 Å². The molecule has 0 radical (unpaired) electrons. The van der Waals surface area contributed by atoms with Crippen molar-refractivity contribution in [3.05, 3.63) is 54.1 Å². The van der Waals surface area contributed by atoms with Gasteiger partial charge in [-0.25, -0.2) is 0 Å². The average Bonchev–Trinajstić information content (AvgIpc) is 2.71.